The molecule has 0 saturated carbocycles. The van der Waals surface area contributed by atoms with Crippen LogP contribution in [0.15, 0.2) is 113 Å². The van der Waals surface area contributed by atoms with Crippen molar-refractivity contribution in [1.29, 1.82) is 5.41 Å². The number of aliphatic hydroxyl groups excluding tert-OH is 1. The number of hydrogen-bond acceptors (Lipinski definition) is 4. The minimum absolute atomic E-state index is 0.0200. The summed E-state index contributed by atoms with van der Waals surface area (Å²) in [5, 5.41) is 23.0. The molecule has 0 aliphatic carbocycles. The normalized spacial score (nSPS) is 16.4. The fraction of sp³-hybridized carbons (Fsp3) is 0.0625. The van der Waals surface area contributed by atoms with Crippen LogP contribution in [0.4, 0.5) is 10.7 Å². The third-order valence-corrected chi connectivity index (χ3v) is 8.25. The summed E-state index contributed by atoms with van der Waals surface area (Å²) in [6.45, 7) is 2.01. The molecular weight excluding hydrogens is 512 g/mol. The number of fused-ring (bicyclic) bond motifs is 2. The smallest absolute Gasteiger partial charge is 0.194 e. The second-order valence-corrected chi connectivity index (χ2v) is 10.7. The van der Waals surface area contributed by atoms with Gasteiger partial charge in [-0.25, -0.2) is 0 Å². The highest BCUT2D eigenvalue weighted by Crippen LogP contribution is 2.49. The molecule has 0 fully saturated rings. The Morgan fingerprint density at radius 2 is 1.58 bits per heavy atom. The highest BCUT2D eigenvalue weighted by atomic mass is 35.5. The van der Waals surface area contributed by atoms with Gasteiger partial charge >= 0.3 is 0 Å². The third-order valence-electron chi connectivity index (χ3n) is 6.86. The summed E-state index contributed by atoms with van der Waals surface area (Å²) >= 11 is 7.75. The van der Waals surface area contributed by atoms with E-state index in [-0.39, 0.29) is 17.0 Å². The van der Waals surface area contributed by atoms with Crippen molar-refractivity contribution in [3.63, 3.8) is 0 Å². The standard InChI is InChI=1S/C32H23ClN2O2S/c1-19-12-14-20(15-13-19)26-27(29(36)21-8-4-2-5-9-21)31(34)35(23-10-6-3-7-11-23)32-28(26)30(37)24-17-16-22(33)18-25(24)38-32/h2-18,26,34,36H,1H3/b29-27+,34-31?/t26-/m1/s1. The van der Waals surface area contributed by atoms with Crippen molar-refractivity contribution in [2.24, 2.45) is 0 Å². The summed E-state index contributed by atoms with van der Waals surface area (Å²) in [4.78, 5) is 16.1. The molecule has 0 amide bonds. The monoisotopic (exact) mass is 534 g/mol. The Morgan fingerprint density at radius 1 is 0.921 bits per heavy atom. The highest BCUT2D eigenvalue weighted by molar-refractivity contribution is 7.22. The molecule has 0 radical (unpaired) electrons. The summed E-state index contributed by atoms with van der Waals surface area (Å²) in [5.74, 6) is -0.539. The predicted octanol–water partition coefficient (Wildman–Crippen LogP) is 8.45. The third kappa shape index (κ3) is 4.01. The Hall–Kier alpha value is -4.19. The molecular formula is C32H23ClN2O2S. The first-order valence-corrected chi connectivity index (χ1v) is 13.4. The first-order valence-electron chi connectivity index (χ1n) is 12.2. The number of benzene rings is 4. The van der Waals surface area contributed by atoms with Crippen molar-refractivity contribution < 1.29 is 5.11 Å². The Balaban J connectivity index is 1.76. The minimum Gasteiger partial charge on any atom is -0.507 e. The number of anilines is 2. The molecule has 0 spiro atoms. The molecule has 6 heteroatoms. The van der Waals surface area contributed by atoms with Crippen molar-refractivity contribution >= 4 is 55.3 Å². The van der Waals surface area contributed by atoms with E-state index in [1.54, 1.807) is 23.1 Å². The lowest BCUT2D eigenvalue weighted by Crippen LogP contribution is -2.38. The first-order chi connectivity index (χ1) is 18.4. The molecule has 0 bridgehead atoms. The van der Waals surface area contributed by atoms with E-state index in [0.29, 0.717) is 32.1 Å². The van der Waals surface area contributed by atoms with E-state index >= 15 is 0 Å². The Kier molecular flexibility index (Phi) is 6.10. The SMILES string of the molecule is Cc1ccc([C@@H]2/C(=C(\O)c3ccccc3)C(=N)N(c3ccccc3)c3sc4cc(Cl)ccc4c(=O)c32)cc1. The molecule has 2 N–H and O–H groups in total. The van der Waals surface area contributed by atoms with Gasteiger partial charge in [-0.05, 0) is 42.8 Å². The van der Waals surface area contributed by atoms with E-state index < -0.39 is 5.92 Å². The predicted molar refractivity (Wildman–Crippen MR) is 158 cm³/mol. The van der Waals surface area contributed by atoms with Gasteiger partial charge in [-0.15, -0.1) is 11.3 Å². The summed E-state index contributed by atoms with van der Waals surface area (Å²) < 4.78 is 0.748. The van der Waals surface area contributed by atoms with Gasteiger partial charge in [-0.1, -0.05) is 90.0 Å². The van der Waals surface area contributed by atoms with Gasteiger partial charge in [0, 0.05) is 43.4 Å². The number of nitrogens with one attached hydrogen (secondary N) is 1. The van der Waals surface area contributed by atoms with E-state index in [2.05, 4.69) is 0 Å². The van der Waals surface area contributed by atoms with E-state index in [1.165, 1.54) is 11.3 Å². The fourth-order valence-corrected chi connectivity index (χ4v) is 6.52. The van der Waals surface area contributed by atoms with Crippen LogP contribution < -0.4 is 10.3 Å². The zero-order chi connectivity index (χ0) is 26.4. The van der Waals surface area contributed by atoms with Crippen molar-refractivity contribution in [3.8, 4) is 0 Å². The van der Waals surface area contributed by atoms with Crippen LogP contribution in [0.25, 0.3) is 15.8 Å². The van der Waals surface area contributed by atoms with Crippen LogP contribution in [-0.2, 0) is 0 Å². The molecule has 5 aromatic rings. The van der Waals surface area contributed by atoms with Gasteiger partial charge in [0.15, 0.2) is 5.43 Å². The molecule has 6 rings (SSSR count). The summed E-state index contributed by atoms with van der Waals surface area (Å²) in [5.41, 5.74) is 4.02. The van der Waals surface area contributed by atoms with Crippen LogP contribution in [0, 0.1) is 12.3 Å². The average molecular weight is 535 g/mol. The number of aliphatic hydroxyl groups is 1. The molecule has 38 heavy (non-hydrogen) atoms. The van der Waals surface area contributed by atoms with Crippen LogP contribution in [0.5, 0.6) is 0 Å². The summed E-state index contributed by atoms with van der Waals surface area (Å²) in [6, 6.07) is 31.9. The van der Waals surface area contributed by atoms with Crippen LogP contribution in [0.1, 0.15) is 28.2 Å². The summed E-state index contributed by atoms with van der Waals surface area (Å²) in [7, 11) is 0. The molecule has 1 aromatic heterocycles. The Morgan fingerprint density at radius 3 is 2.26 bits per heavy atom. The Bertz CT molecular complexity index is 1780. The molecule has 1 aliphatic rings. The lowest BCUT2D eigenvalue weighted by molar-refractivity contribution is 0.505. The second kappa shape index (κ2) is 9.60. The Labute approximate surface area is 229 Å². The van der Waals surface area contributed by atoms with Crippen molar-refractivity contribution in [3.05, 3.63) is 146 Å². The maximum absolute atomic E-state index is 14.3. The molecule has 4 aromatic carbocycles. The molecule has 1 atom stereocenters. The van der Waals surface area contributed by atoms with E-state index in [4.69, 9.17) is 11.6 Å². The molecule has 0 saturated heterocycles. The van der Waals surface area contributed by atoms with Crippen LogP contribution >= 0.6 is 22.9 Å². The van der Waals surface area contributed by atoms with Gasteiger partial charge < -0.3 is 5.11 Å². The zero-order valence-electron chi connectivity index (χ0n) is 20.5. The van der Waals surface area contributed by atoms with Gasteiger partial charge in [0.05, 0.1) is 0 Å². The number of para-hydroxylation sites is 1. The van der Waals surface area contributed by atoms with Crippen molar-refractivity contribution in [2.45, 2.75) is 12.8 Å². The minimum atomic E-state index is -0.637. The van der Waals surface area contributed by atoms with Crippen LogP contribution in [0.3, 0.4) is 0 Å². The maximum atomic E-state index is 14.3. The van der Waals surface area contributed by atoms with Crippen LogP contribution in [-0.4, -0.2) is 10.9 Å². The van der Waals surface area contributed by atoms with Gasteiger partial charge in [-0.3, -0.25) is 15.1 Å². The number of amidine groups is 1. The largest absolute Gasteiger partial charge is 0.507 e. The number of nitrogens with zero attached hydrogens (tertiary/aromatic N) is 1. The average Bonchev–Trinajstić information content (AvgIpc) is 2.93. The van der Waals surface area contributed by atoms with Gasteiger partial charge in [0.1, 0.15) is 16.6 Å². The summed E-state index contributed by atoms with van der Waals surface area (Å²) in [6.07, 6.45) is 0. The number of aryl methyl sites for hydroxylation is 1. The van der Waals surface area contributed by atoms with E-state index in [0.717, 1.165) is 21.5 Å². The topological polar surface area (TPSA) is 64.4 Å². The van der Waals surface area contributed by atoms with Crippen molar-refractivity contribution in [1.82, 2.24) is 0 Å². The molecule has 2 heterocycles. The molecule has 4 nitrogen and oxygen atoms in total. The first kappa shape index (κ1) is 24.2. The number of halogens is 1. The second-order valence-electron chi connectivity index (χ2n) is 9.28. The van der Waals surface area contributed by atoms with Gasteiger partial charge in [-0.2, -0.15) is 0 Å². The molecule has 0 unspecified atom stereocenters. The number of hydrogen-bond donors (Lipinski definition) is 2. The molecule has 1 aliphatic heterocycles. The van der Waals surface area contributed by atoms with E-state index in [9.17, 15) is 15.3 Å². The zero-order valence-corrected chi connectivity index (χ0v) is 22.1. The van der Waals surface area contributed by atoms with Gasteiger partial charge in [0.2, 0.25) is 0 Å². The van der Waals surface area contributed by atoms with Gasteiger partial charge in [0.25, 0.3) is 0 Å². The fourth-order valence-electron chi connectivity index (χ4n) is 5.01. The lowest BCUT2D eigenvalue weighted by atomic mass is 9.79. The number of rotatable bonds is 3. The quantitative estimate of drug-likeness (QED) is 0.228. The van der Waals surface area contributed by atoms with E-state index in [1.807, 2.05) is 91.9 Å². The highest BCUT2D eigenvalue weighted by Gasteiger charge is 2.40. The van der Waals surface area contributed by atoms with Crippen LogP contribution in [0.2, 0.25) is 5.02 Å². The van der Waals surface area contributed by atoms with Crippen molar-refractivity contribution in [2.75, 3.05) is 4.90 Å². The molecule has 186 valence electrons. The maximum Gasteiger partial charge on any atom is 0.194 e. The lowest BCUT2D eigenvalue weighted by Gasteiger charge is -2.37.